The number of aliphatic hydroxyl groups is 1. The van der Waals surface area contributed by atoms with Crippen LogP contribution in [-0.2, 0) is 69.1 Å². The second kappa shape index (κ2) is 38.9. The summed E-state index contributed by atoms with van der Waals surface area (Å²) in [4.78, 5) is 84.1. The minimum absolute atomic E-state index is 0. The van der Waals surface area contributed by atoms with Crippen molar-refractivity contribution < 1.29 is 133 Å². The zero-order chi connectivity index (χ0) is 62.7. The number of fused-ring (bicyclic) bond motifs is 1. The van der Waals surface area contributed by atoms with Crippen molar-refractivity contribution in [1.82, 2.24) is 72.6 Å². The van der Waals surface area contributed by atoms with E-state index in [1.807, 2.05) is 25.5 Å². The van der Waals surface area contributed by atoms with E-state index in [1.165, 1.54) is 19.8 Å². The molecule has 37 heteroatoms. The molecule has 2 amide bonds. The number of carboxylic acids is 5. The molecule has 488 valence electrons. The van der Waals surface area contributed by atoms with Gasteiger partial charge in [0, 0.05) is 101 Å². The summed E-state index contributed by atoms with van der Waals surface area (Å²) in [7, 11) is -3.40. The van der Waals surface area contributed by atoms with Crippen molar-refractivity contribution >= 4 is 68.9 Å². The molecular weight excluding hydrogens is 1200 g/mol. The molecule has 34 nitrogen and oxygen atoms in total. The number of rotatable bonds is 12. The molecule has 85 heavy (non-hydrogen) atoms. The maximum absolute atomic E-state index is 11.1. The summed E-state index contributed by atoms with van der Waals surface area (Å²) < 4.78 is 55.5. The van der Waals surface area contributed by atoms with Gasteiger partial charge in [0.2, 0.25) is 15.9 Å². The first-order valence-electron chi connectivity index (χ1n) is 27.6. The fraction of sp³-hybridized carbons (Fsp3) is 0.812. The molecular formula is C48H85ArN14O20S2-. The summed E-state index contributed by atoms with van der Waals surface area (Å²) in [6, 6.07) is -1.84. The van der Waals surface area contributed by atoms with Crippen molar-refractivity contribution in [2.24, 2.45) is 5.92 Å². The Morgan fingerprint density at radius 3 is 1.44 bits per heavy atom. The minimum Gasteiger partial charge on any atom is -0.755 e. The molecule has 14 atom stereocenters. The summed E-state index contributed by atoms with van der Waals surface area (Å²) >= 11 is -2.48. The number of nitrogens with zero attached hydrogens (tertiary/aromatic N) is 3. The fourth-order valence-corrected chi connectivity index (χ4v) is 10.3. The molecule has 0 aromatic carbocycles. The van der Waals surface area contributed by atoms with E-state index >= 15 is 0 Å². The Labute approximate surface area is 525 Å². The second-order valence-electron chi connectivity index (χ2n) is 21.9. The van der Waals surface area contributed by atoms with Crippen molar-refractivity contribution in [3.05, 3.63) is 5.82 Å². The monoisotopic (exact) mass is 1280 g/mol. The van der Waals surface area contributed by atoms with Gasteiger partial charge in [-0.25, -0.2) is 8.42 Å². The van der Waals surface area contributed by atoms with E-state index in [9.17, 15) is 55.5 Å². The molecule has 0 spiro atoms. The van der Waals surface area contributed by atoms with Crippen LogP contribution in [0.1, 0.15) is 123 Å². The molecule has 9 aliphatic rings. The third-order valence-corrected chi connectivity index (χ3v) is 14.5. The van der Waals surface area contributed by atoms with Crippen molar-refractivity contribution in [2.75, 3.05) is 52.1 Å². The Morgan fingerprint density at radius 2 is 1.09 bits per heavy atom. The van der Waals surface area contributed by atoms with E-state index in [0.717, 1.165) is 76.8 Å². The van der Waals surface area contributed by atoms with Crippen LogP contribution in [0, 0.1) is 43.7 Å². The van der Waals surface area contributed by atoms with Crippen molar-refractivity contribution in [3.8, 4) is 0 Å². The number of carbonyl (C=O) groups excluding carboxylic acids is 3. The van der Waals surface area contributed by atoms with Gasteiger partial charge in [-0.1, -0.05) is 5.21 Å². The van der Waals surface area contributed by atoms with Crippen LogP contribution in [0.25, 0.3) is 0 Å². The zero-order valence-electron chi connectivity index (χ0n) is 48.1. The maximum Gasteiger partial charge on any atom is 0.320 e. The number of aliphatic carboxylic acids is 5. The van der Waals surface area contributed by atoms with E-state index in [0.29, 0.717) is 69.7 Å². The summed E-state index contributed by atoms with van der Waals surface area (Å²) in [5.74, 6) is -3.79. The number of carbonyl (C=O) groups is 8. The topological polar surface area (TPSA) is 525 Å². The van der Waals surface area contributed by atoms with Gasteiger partial charge in [0.15, 0.2) is 5.82 Å². The van der Waals surface area contributed by atoms with Crippen molar-refractivity contribution in [1.29, 1.82) is 0 Å². The molecule has 1 saturated carbocycles. The third-order valence-electron chi connectivity index (χ3n) is 13.5. The molecule has 1 aliphatic carbocycles. The third kappa shape index (κ3) is 32.5. The van der Waals surface area contributed by atoms with Crippen LogP contribution < -0.4 is 52.0 Å². The summed E-state index contributed by atoms with van der Waals surface area (Å²) in [5.41, 5.74) is -0.195. The van der Waals surface area contributed by atoms with Crippen LogP contribution >= 0.6 is 0 Å². The molecule has 9 fully saturated rings. The predicted molar refractivity (Wildman–Crippen MR) is 294 cm³/mol. The quantitative estimate of drug-likeness (QED) is 0.0693. The van der Waals surface area contributed by atoms with E-state index in [1.54, 1.807) is 4.72 Å². The van der Waals surface area contributed by atoms with Gasteiger partial charge in [0.1, 0.15) is 36.3 Å². The summed E-state index contributed by atoms with van der Waals surface area (Å²) in [6.45, 7) is 12.2. The fourth-order valence-electron chi connectivity index (χ4n) is 9.46. The molecule has 8 aliphatic heterocycles. The molecule has 1 aromatic heterocycles. The van der Waals surface area contributed by atoms with E-state index in [2.05, 4.69) is 63.2 Å². The van der Waals surface area contributed by atoms with Gasteiger partial charge in [0.25, 0.3) is 5.91 Å². The first-order chi connectivity index (χ1) is 39.4. The minimum atomic E-state index is -3.40. The maximum atomic E-state index is 11.1. The Morgan fingerprint density at radius 1 is 0.624 bits per heavy atom. The zero-order valence-corrected chi connectivity index (χ0v) is 50.4. The van der Waals surface area contributed by atoms with E-state index < -0.39 is 87.2 Å². The first kappa shape index (κ1) is 76.8. The van der Waals surface area contributed by atoms with Crippen LogP contribution in [0.15, 0.2) is 0 Å². The summed E-state index contributed by atoms with van der Waals surface area (Å²) in [5, 5.41) is 88.2. The van der Waals surface area contributed by atoms with Gasteiger partial charge in [-0.3, -0.25) is 52.0 Å². The molecule has 8 saturated heterocycles. The number of aromatic amines is 1. The number of sulfonamides is 1. The first-order valence-corrected chi connectivity index (χ1v) is 30.6. The van der Waals surface area contributed by atoms with Crippen molar-refractivity contribution in [2.45, 2.75) is 189 Å². The van der Waals surface area contributed by atoms with Crippen LogP contribution in [0.5, 0.6) is 0 Å². The van der Waals surface area contributed by atoms with Crippen molar-refractivity contribution in [3.63, 3.8) is 0 Å². The number of β-amino-alcohol motifs (C(OH)–C–C–N with tert-alkyl or cyclic N) is 1. The SMILES string of the molecule is C1CN[C@H](c2nn[nH]n2)C1.CC(=O)O[C@H]1CN[C@H](C(=O)O)C1.CC(C)(C)O[C@H]1CN[C@H](C(=O)O)C1.CS(=O)(=O)NC(=O)[C@@H]1CCCN1.O=C(NS(=O)[O-])[C@@H]1CCCN1.O=C(O)[C@@H]1CC2CC2N1.O=C(O)[C@@H]1CCCN1.O=C(O)[C@@H]1C[C@@H](O)CN1.[Ar]. The Bertz CT molecular complexity index is 2370. The average Bonchev–Trinajstić information content (AvgIpc) is 2.02. The van der Waals surface area contributed by atoms with Gasteiger partial charge in [-0.2, -0.15) is 5.21 Å². The smallest absolute Gasteiger partial charge is 0.320 e. The van der Waals surface area contributed by atoms with Gasteiger partial charge < -0.3 is 87.2 Å². The molecule has 3 unspecified atom stereocenters. The van der Waals surface area contributed by atoms with Crippen LogP contribution in [0.3, 0.4) is 0 Å². The van der Waals surface area contributed by atoms with Gasteiger partial charge in [-0.15, -0.1) is 10.2 Å². The number of tetrazole rings is 1. The average molecular weight is 1280 g/mol. The molecule has 1 aromatic rings. The number of amides is 2. The number of carboxylic acid groups (broad SMARTS) is 5. The Hall–Kier alpha value is -4.25. The van der Waals surface area contributed by atoms with E-state index in [-0.39, 0.29) is 85.7 Å². The van der Waals surface area contributed by atoms with Crippen LogP contribution in [0.4, 0.5) is 0 Å². The normalized spacial score (nSPS) is 29.5. The molecule has 9 heterocycles. The van der Waals surface area contributed by atoms with Gasteiger partial charge >= 0.3 is 35.8 Å². The molecule has 0 bridgehead atoms. The Kier molecular flexibility index (Phi) is 35.2. The number of aromatic nitrogens is 4. The number of piperidine rings is 1. The van der Waals surface area contributed by atoms with Crippen LogP contribution in [0.2, 0.25) is 0 Å². The largest absolute Gasteiger partial charge is 0.755 e. The number of aliphatic hydroxyl groups excluding tert-OH is 1. The van der Waals surface area contributed by atoms with Gasteiger partial charge in [-0.05, 0) is 117 Å². The summed E-state index contributed by atoms with van der Waals surface area (Å²) in [6.07, 6.45) is 10.9. The number of nitrogens with one attached hydrogen (secondary N) is 11. The Balaban J connectivity index is 0.000000332. The predicted octanol–water partition coefficient (Wildman–Crippen LogP) is -4.49. The number of esters is 1. The second-order valence-corrected chi connectivity index (χ2v) is 24.3. The molecule has 17 N–H and O–H groups in total. The number of hydrogen-bond acceptors (Lipinski definition) is 26. The number of ether oxygens (including phenoxy) is 2. The van der Waals surface area contributed by atoms with Gasteiger partial charge in [0.05, 0.1) is 42.2 Å². The van der Waals surface area contributed by atoms with Crippen LogP contribution in [-0.4, -0.2) is 240 Å². The molecule has 0 radical (unpaired) electrons. The molecule has 10 rings (SSSR count). The number of H-pyrrole nitrogens is 1. The number of hydrogen-bond donors (Lipinski definition) is 17. The standard InChI is InChI=1S/C9H17NO3.C7H11NO4.C6H12N2O3S.C6H9NO2.C5H9N5.C5H10N2O3S.C5H9NO3.C5H9NO2.Ar/c1-9(2,3)13-6-4-7(8(11)12)10-5-6;1-4(9)12-5-2-6(7(10)11)8-3-5;1-12(10,11)8-6(9)5-3-2-4-7-5;8-6(9)5-2-3-1-4(3)7-5;1-2-4(6-3-1)5-7-9-10-8-5;8-5(7-11(9)10)4-2-1-3-6-4;7-3-1-4(5(8)9)6-2-3;7-5(8)4-2-1-3-6-4;/h6-7,10H,4-5H2,1-3H3,(H,11,12);5-6,8H,2-3H2,1H3,(H,10,11);5,7H,2-4H2,1H3,(H,8,9);3-5,7H,1-2H2,(H,8,9);4,6H,1-3H2,(H,7,8,9,10);4,6H,1-3H2,(H,7,8)(H,9,10);3-4,6-7H,1-2H2,(H,8,9);4,6H,1-3H2,(H,7,8);/p-1/t6-,7+;5-,6+;5-;3?,4?,5-;2*4-;3-,4+;4-;/m11000010./s1. The van der Waals surface area contributed by atoms with E-state index in [4.69, 9.17) is 40.1 Å².